The van der Waals surface area contributed by atoms with Crippen LogP contribution in [0, 0.1) is 6.92 Å². The summed E-state index contributed by atoms with van der Waals surface area (Å²) in [4.78, 5) is 11.4. The molecule has 0 saturated heterocycles. The molecule has 3 aromatic rings. The first kappa shape index (κ1) is 13.7. The van der Waals surface area contributed by atoms with Crippen molar-refractivity contribution in [2.45, 2.75) is 13.5 Å². The molecule has 0 fully saturated rings. The second-order valence-electron chi connectivity index (χ2n) is 4.96. The summed E-state index contributed by atoms with van der Waals surface area (Å²) in [5.41, 5.74) is 2.60. The lowest BCUT2D eigenvalue weighted by atomic mass is 10.1. The van der Waals surface area contributed by atoms with Crippen molar-refractivity contribution in [2.24, 2.45) is 7.05 Å². The van der Waals surface area contributed by atoms with E-state index >= 15 is 0 Å². The number of para-hydroxylation sites is 1. The number of aryl methyl sites for hydroxylation is 2. The number of nitrogens with zero attached hydrogens (tertiary/aromatic N) is 3. The van der Waals surface area contributed by atoms with Crippen LogP contribution in [-0.2, 0) is 13.6 Å². The monoisotopic (exact) mass is 303 g/mol. The second-order valence-corrected chi connectivity index (χ2v) is 5.34. The van der Waals surface area contributed by atoms with Crippen LogP contribution in [0.15, 0.2) is 30.5 Å². The van der Waals surface area contributed by atoms with Crippen molar-refractivity contribution in [3.8, 4) is 0 Å². The van der Waals surface area contributed by atoms with Crippen LogP contribution >= 0.6 is 11.6 Å². The molecule has 0 saturated carbocycles. The topological polar surface area (TPSA) is 60.0 Å². The number of hydrogen-bond donors (Lipinski definition) is 1. The number of rotatable bonds is 3. The zero-order valence-corrected chi connectivity index (χ0v) is 12.4. The maximum atomic E-state index is 11.4. The van der Waals surface area contributed by atoms with Crippen LogP contribution in [0.25, 0.3) is 10.9 Å². The zero-order valence-electron chi connectivity index (χ0n) is 11.7. The van der Waals surface area contributed by atoms with E-state index in [1.165, 1.54) is 0 Å². The molecule has 0 radical (unpaired) electrons. The number of carboxylic acids is 1. The number of aromatic nitrogens is 3. The molecule has 0 amide bonds. The summed E-state index contributed by atoms with van der Waals surface area (Å²) < 4.78 is 3.62. The first-order chi connectivity index (χ1) is 9.99. The van der Waals surface area contributed by atoms with Crippen LogP contribution in [0.3, 0.4) is 0 Å². The molecule has 0 unspecified atom stereocenters. The molecule has 6 heteroatoms. The fourth-order valence-electron chi connectivity index (χ4n) is 2.58. The average molecular weight is 304 g/mol. The molecule has 0 aliphatic rings. The lowest BCUT2D eigenvalue weighted by Crippen LogP contribution is -2.07. The molecule has 0 spiro atoms. The van der Waals surface area contributed by atoms with Crippen molar-refractivity contribution in [3.05, 3.63) is 52.4 Å². The summed E-state index contributed by atoms with van der Waals surface area (Å²) in [5.74, 6) is -0.937. The summed E-state index contributed by atoms with van der Waals surface area (Å²) in [6.07, 6.45) is 1.87. The highest BCUT2D eigenvalue weighted by atomic mass is 35.5. The minimum absolute atomic E-state index is 0.285. The molecule has 2 heterocycles. The Bertz CT molecular complexity index is 848. The highest BCUT2D eigenvalue weighted by molar-refractivity contribution is 6.31. The number of carboxylic acid groups (broad SMARTS) is 1. The van der Waals surface area contributed by atoms with Crippen molar-refractivity contribution in [2.75, 3.05) is 0 Å². The molecular formula is C15H14ClN3O2. The first-order valence-electron chi connectivity index (χ1n) is 6.48. The van der Waals surface area contributed by atoms with E-state index < -0.39 is 5.97 Å². The minimum atomic E-state index is -0.937. The predicted molar refractivity (Wildman–Crippen MR) is 81.0 cm³/mol. The van der Waals surface area contributed by atoms with Gasteiger partial charge in [-0.3, -0.25) is 4.68 Å². The average Bonchev–Trinajstić information content (AvgIpc) is 2.95. The van der Waals surface area contributed by atoms with E-state index in [2.05, 4.69) is 5.10 Å². The number of aromatic carboxylic acids is 1. The Balaban J connectivity index is 2.15. The van der Waals surface area contributed by atoms with Crippen LogP contribution in [0.1, 0.15) is 21.7 Å². The lowest BCUT2D eigenvalue weighted by molar-refractivity contribution is 0.0698. The summed E-state index contributed by atoms with van der Waals surface area (Å²) in [6.45, 7) is 2.33. The van der Waals surface area contributed by atoms with Gasteiger partial charge < -0.3 is 9.67 Å². The molecule has 0 bridgehead atoms. The molecule has 0 atom stereocenters. The maximum absolute atomic E-state index is 11.4. The SMILES string of the molecule is Cc1nn(C)c(Cn2ccc3cccc(C(=O)O)c32)c1Cl. The van der Waals surface area contributed by atoms with Crippen molar-refractivity contribution < 1.29 is 9.90 Å². The fourth-order valence-corrected chi connectivity index (χ4v) is 2.80. The first-order valence-corrected chi connectivity index (χ1v) is 6.86. The van der Waals surface area contributed by atoms with Gasteiger partial charge in [0.05, 0.1) is 34.0 Å². The lowest BCUT2D eigenvalue weighted by Gasteiger charge is -2.08. The van der Waals surface area contributed by atoms with E-state index in [9.17, 15) is 9.90 Å². The van der Waals surface area contributed by atoms with Gasteiger partial charge >= 0.3 is 5.97 Å². The molecule has 1 N–H and O–H groups in total. The van der Waals surface area contributed by atoms with Crippen LogP contribution in [0.2, 0.25) is 5.02 Å². The van der Waals surface area contributed by atoms with Gasteiger partial charge in [-0.15, -0.1) is 0 Å². The van der Waals surface area contributed by atoms with Gasteiger partial charge in [-0.1, -0.05) is 23.7 Å². The highest BCUT2D eigenvalue weighted by Crippen LogP contribution is 2.25. The molecule has 5 nitrogen and oxygen atoms in total. The Kier molecular flexibility index (Phi) is 3.22. The quantitative estimate of drug-likeness (QED) is 0.809. The Morgan fingerprint density at radius 3 is 2.76 bits per heavy atom. The standard InChI is InChI=1S/C15H14ClN3O2/c1-9-13(16)12(18(2)17-9)8-19-7-6-10-4-3-5-11(14(10)19)15(20)21/h3-7H,8H2,1-2H3,(H,20,21). The summed E-state index contributed by atoms with van der Waals surface area (Å²) in [5, 5.41) is 15.1. The zero-order chi connectivity index (χ0) is 15.1. The molecular weight excluding hydrogens is 290 g/mol. The summed E-state index contributed by atoms with van der Waals surface area (Å²) in [6, 6.07) is 7.15. The third kappa shape index (κ3) is 2.19. The Morgan fingerprint density at radius 1 is 1.38 bits per heavy atom. The van der Waals surface area contributed by atoms with Gasteiger partial charge in [0.2, 0.25) is 0 Å². The van der Waals surface area contributed by atoms with Gasteiger partial charge in [0, 0.05) is 18.6 Å². The molecule has 108 valence electrons. The normalized spacial score (nSPS) is 11.2. The predicted octanol–water partition coefficient (Wildman–Crippen LogP) is 3.08. The number of fused-ring (bicyclic) bond motifs is 1. The third-order valence-corrected chi connectivity index (χ3v) is 4.09. The van der Waals surface area contributed by atoms with Crippen LogP contribution in [0.5, 0.6) is 0 Å². The van der Waals surface area contributed by atoms with Gasteiger partial charge in [-0.25, -0.2) is 4.79 Å². The van der Waals surface area contributed by atoms with Crippen LogP contribution < -0.4 is 0 Å². The van der Waals surface area contributed by atoms with Crippen molar-refractivity contribution in [1.29, 1.82) is 0 Å². The van der Waals surface area contributed by atoms with E-state index in [0.717, 1.165) is 16.8 Å². The van der Waals surface area contributed by atoms with Gasteiger partial charge in [0.15, 0.2) is 0 Å². The van der Waals surface area contributed by atoms with E-state index in [4.69, 9.17) is 11.6 Å². The van der Waals surface area contributed by atoms with E-state index in [1.807, 2.05) is 36.9 Å². The Labute approximate surface area is 126 Å². The van der Waals surface area contributed by atoms with Gasteiger partial charge in [-0.2, -0.15) is 5.10 Å². The highest BCUT2D eigenvalue weighted by Gasteiger charge is 2.16. The molecule has 0 aliphatic carbocycles. The van der Waals surface area contributed by atoms with Crippen molar-refractivity contribution in [1.82, 2.24) is 14.3 Å². The largest absolute Gasteiger partial charge is 0.478 e. The molecule has 3 rings (SSSR count). The van der Waals surface area contributed by atoms with Crippen molar-refractivity contribution in [3.63, 3.8) is 0 Å². The molecule has 2 aromatic heterocycles. The molecule has 21 heavy (non-hydrogen) atoms. The summed E-state index contributed by atoms with van der Waals surface area (Å²) in [7, 11) is 1.83. The maximum Gasteiger partial charge on any atom is 0.337 e. The number of benzene rings is 1. The smallest absolute Gasteiger partial charge is 0.337 e. The van der Waals surface area contributed by atoms with Gasteiger partial charge in [0.25, 0.3) is 0 Å². The Morgan fingerprint density at radius 2 is 2.14 bits per heavy atom. The number of halogens is 1. The Hall–Kier alpha value is -2.27. The number of carbonyl (C=O) groups is 1. The van der Waals surface area contributed by atoms with Crippen molar-refractivity contribution >= 4 is 28.5 Å². The second kappa shape index (κ2) is 4.93. The molecule has 1 aromatic carbocycles. The third-order valence-electron chi connectivity index (χ3n) is 3.60. The number of hydrogen-bond acceptors (Lipinski definition) is 2. The van der Waals surface area contributed by atoms with Crippen LogP contribution in [-0.4, -0.2) is 25.4 Å². The van der Waals surface area contributed by atoms with E-state index in [1.54, 1.807) is 16.8 Å². The van der Waals surface area contributed by atoms with Crippen LogP contribution in [0.4, 0.5) is 0 Å². The van der Waals surface area contributed by atoms with E-state index in [0.29, 0.717) is 17.1 Å². The fraction of sp³-hybridized carbons (Fsp3) is 0.200. The summed E-state index contributed by atoms with van der Waals surface area (Å²) >= 11 is 6.27. The van der Waals surface area contributed by atoms with Gasteiger partial charge in [-0.05, 0) is 19.1 Å². The van der Waals surface area contributed by atoms with Gasteiger partial charge in [0.1, 0.15) is 0 Å². The molecule has 0 aliphatic heterocycles. The van der Waals surface area contributed by atoms with E-state index in [-0.39, 0.29) is 5.56 Å². The minimum Gasteiger partial charge on any atom is -0.478 e.